The standard InChI is InChI=1S/C11H13BrN2O4/c1-18-9(11(16)17)5-14-10(15)6-2-3-8(13)7(12)4-6/h2-4,9H,5,13H2,1H3,(H,14,15)(H,16,17). The molecule has 0 aromatic heterocycles. The minimum atomic E-state index is -1.13. The first kappa shape index (κ1) is 14.5. The number of benzene rings is 1. The Balaban J connectivity index is 2.65. The average Bonchev–Trinajstić information content (AvgIpc) is 2.32. The SMILES string of the molecule is COC(CNC(=O)c1ccc(N)c(Br)c1)C(=O)O. The van der Waals surface area contributed by atoms with Gasteiger partial charge in [-0.1, -0.05) is 0 Å². The number of halogens is 1. The Hall–Kier alpha value is -1.60. The van der Waals surface area contributed by atoms with Crippen molar-refractivity contribution >= 4 is 33.5 Å². The second-order valence-corrected chi connectivity index (χ2v) is 4.36. The van der Waals surface area contributed by atoms with Gasteiger partial charge in [0.2, 0.25) is 0 Å². The number of nitrogens with one attached hydrogen (secondary N) is 1. The Morgan fingerprint density at radius 1 is 1.56 bits per heavy atom. The van der Waals surface area contributed by atoms with E-state index in [1.807, 2.05) is 0 Å². The van der Waals surface area contributed by atoms with E-state index in [4.69, 9.17) is 15.6 Å². The van der Waals surface area contributed by atoms with Crippen LogP contribution < -0.4 is 11.1 Å². The van der Waals surface area contributed by atoms with E-state index < -0.39 is 12.1 Å². The number of amides is 1. The van der Waals surface area contributed by atoms with Crippen LogP contribution in [0.4, 0.5) is 5.69 Å². The van der Waals surface area contributed by atoms with Crippen molar-refractivity contribution in [3.63, 3.8) is 0 Å². The fourth-order valence-electron chi connectivity index (χ4n) is 1.23. The van der Waals surface area contributed by atoms with Gasteiger partial charge in [-0.05, 0) is 34.1 Å². The zero-order chi connectivity index (χ0) is 13.7. The average molecular weight is 317 g/mol. The van der Waals surface area contributed by atoms with Crippen LogP contribution in [0.25, 0.3) is 0 Å². The maximum absolute atomic E-state index is 11.7. The van der Waals surface area contributed by atoms with Crippen molar-refractivity contribution in [2.45, 2.75) is 6.10 Å². The van der Waals surface area contributed by atoms with Crippen LogP contribution in [-0.4, -0.2) is 36.7 Å². The van der Waals surface area contributed by atoms with Crippen LogP contribution >= 0.6 is 15.9 Å². The molecule has 4 N–H and O–H groups in total. The minimum absolute atomic E-state index is 0.105. The van der Waals surface area contributed by atoms with Crippen LogP contribution in [0, 0.1) is 0 Å². The van der Waals surface area contributed by atoms with Gasteiger partial charge in [0.15, 0.2) is 6.10 Å². The van der Waals surface area contributed by atoms with Gasteiger partial charge in [0.05, 0.1) is 6.54 Å². The molecule has 0 bridgehead atoms. The van der Waals surface area contributed by atoms with Gasteiger partial charge in [-0.2, -0.15) is 0 Å². The summed E-state index contributed by atoms with van der Waals surface area (Å²) in [6, 6.07) is 4.70. The van der Waals surface area contributed by atoms with Crippen molar-refractivity contribution < 1.29 is 19.4 Å². The molecule has 98 valence electrons. The number of hydrogen-bond acceptors (Lipinski definition) is 4. The number of carboxylic acid groups (broad SMARTS) is 1. The highest BCUT2D eigenvalue weighted by molar-refractivity contribution is 9.10. The predicted molar refractivity (Wildman–Crippen MR) is 69.3 cm³/mol. The number of carbonyl (C=O) groups is 2. The topological polar surface area (TPSA) is 102 Å². The third-order valence-corrected chi connectivity index (χ3v) is 2.96. The molecule has 18 heavy (non-hydrogen) atoms. The molecule has 0 aliphatic heterocycles. The number of hydrogen-bond donors (Lipinski definition) is 3. The Labute approximate surface area is 112 Å². The number of carboxylic acids is 1. The summed E-state index contributed by atoms with van der Waals surface area (Å²) in [5, 5.41) is 11.2. The molecule has 0 aliphatic rings. The summed E-state index contributed by atoms with van der Waals surface area (Å²) in [5.41, 5.74) is 6.50. The summed E-state index contributed by atoms with van der Waals surface area (Å²) in [6.07, 6.45) is -1.06. The fourth-order valence-corrected chi connectivity index (χ4v) is 1.61. The van der Waals surface area contributed by atoms with Gasteiger partial charge in [0, 0.05) is 22.8 Å². The largest absolute Gasteiger partial charge is 0.479 e. The third kappa shape index (κ3) is 3.71. The Morgan fingerprint density at radius 3 is 2.72 bits per heavy atom. The zero-order valence-electron chi connectivity index (χ0n) is 9.64. The van der Waals surface area contributed by atoms with E-state index in [-0.39, 0.29) is 12.5 Å². The molecule has 0 spiro atoms. The lowest BCUT2D eigenvalue weighted by Crippen LogP contribution is -2.37. The number of rotatable bonds is 5. The highest BCUT2D eigenvalue weighted by atomic mass is 79.9. The van der Waals surface area contributed by atoms with E-state index >= 15 is 0 Å². The maximum atomic E-state index is 11.7. The minimum Gasteiger partial charge on any atom is -0.479 e. The summed E-state index contributed by atoms with van der Waals surface area (Å²) in [5.74, 6) is -1.52. The molecule has 0 heterocycles. The Morgan fingerprint density at radius 2 is 2.22 bits per heavy atom. The number of ether oxygens (including phenoxy) is 1. The van der Waals surface area contributed by atoms with Crippen LogP contribution in [0.3, 0.4) is 0 Å². The van der Waals surface area contributed by atoms with Crippen LogP contribution in [0.5, 0.6) is 0 Å². The highest BCUT2D eigenvalue weighted by Crippen LogP contribution is 2.20. The summed E-state index contributed by atoms with van der Waals surface area (Å²) in [7, 11) is 1.27. The van der Waals surface area contributed by atoms with Gasteiger partial charge in [-0.25, -0.2) is 4.79 Å². The number of carbonyl (C=O) groups excluding carboxylic acids is 1. The van der Waals surface area contributed by atoms with Crippen LogP contribution in [0.2, 0.25) is 0 Å². The molecule has 1 amide bonds. The van der Waals surface area contributed by atoms with E-state index in [0.29, 0.717) is 15.7 Å². The number of anilines is 1. The molecule has 0 radical (unpaired) electrons. The molecular weight excluding hydrogens is 304 g/mol. The fraction of sp³-hybridized carbons (Fsp3) is 0.273. The van der Waals surface area contributed by atoms with Crippen molar-refractivity contribution in [3.8, 4) is 0 Å². The van der Waals surface area contributed by atoms with Crippen LogP contribution in [-0.2, 0) is 9.53 Å². The van der Waals surface area contributed by atoms with Crippen molar-refractivity contribution in [1.29, 1.82) is 0 Å². The second-order valence-electron chi connectivity index (χ2n) is 3.51. The van der Waals surface area contributed by atoms with Crippen molar-refractivity contribution in [1.82, 2.24) is 5.32 Å². The van der Waals surface area contributed by atoms with Gasteiger partial charge in [0.1, 0.15) is 0 Å². The smallest absolute Gasteiger partial charge is 0.334 e. The zero-order valence-corrected chi connectivity index (χ0v) is 11.2. The molecule has 6 nitrogen and oxygen atoms in total. The molecule has 1 atom stereocenters. The van der Waals surface area contributed by atoms with Gasteiger partial charge >= 0.3 is 5.97 Å². The molecule has 1 aromatic rings. The first-order chi connectivity index (χ1) is 8.45. The van der Waals surface area contributed by atoms with E-state index in [0.717, 1.165) is 0 Å². The number of aliphatic carboxylic acids is 1. The van der Waals surface area contributed by atoms with Gasteiger partial charge in [-0.3, -0.25) is 4.79 Å². The van der Waals surface area contributed by atoms with Crippen LogP contribution in [0.1, 0.15) is 10.4 Å². The first-order valence-corrected chi connectivity index (χ1v) is 5.83. The second kappa shape index (κ2) is 6.36. The first-order valence-electron chi connectivity index (χ1n) is 5.04. The van der Waals surface area contributed by atoms with Crippen LogP contribution in [0.15, 0.2) is 22.7 Å². The number of nitrogen functional groups attached to an aromatic ring is 1. The number of nitrogens with two attached hydrogens (primary N) is 1. The van der Waals surface area contributed by atoms with Crippen molar-refractivity contribution in [2.24, 2.45) is 0 Å². The van der Waals surface area contributed by atoms with Gasteiger partial charge in [0.25, 0.3) is 5.91 Å². The molecule has 0 saturated heterocycles. The molecule has 0 fully saturated rings. The summed E-state index contributed by atoms with van der Waals surface area (Å²) in [4.78, 5) is 22.4. The van der Waals surface area contributed by atoms with Gasteiger partial charge < -0.3 is 20.9 Å². The van der Waals surface area contributed by atoms with Crippen molar-refractivity contribution in [2.75, 3.05) is 19.4 Å². The molecule has 1 rings (SSSR count). The highest BCUT2D eigenvalue weighted by Gasteiger charge is 2.17. The molecule has 1 aromatic carbocycles. The lowest BCUT2D eigenvalue weighted by molar-refractivity contribution is -0.148. The quantitative estimate of drug-likeness (QED) is 0.699. The van der Waals surface area contributed by atoms with E-state index in [9.17, 15) is 9.59 Å². The maximum Gasteiger partial charge on any atom is 0.334 e. The van der Waals surface area contributed by atoms with Gasteiger partial charge in [-0.15, -0.1) is 0 Å². The Bertz CT molecular complexity index is 464. The summed E-state index contributed by atoms with van der Waals surface area (Å²) >= 11 is 3.21. The van der Waals surface area contributed by atoms with E-state index in [2.05, 4.69) is 21.2 Å². The molecule has 7 heteroatoms. The molecule has 1 unspecified atom stereocenters. The summed E-state index contributed by atoms with van der Waals surface area (Å²) < 4.78 is 5.31. The van der Waals surface area contributed by atoms with Crippen molar-refractivity contribution in [3.05, 3.63) is 28.2 Å². The van der Waals surface area contributed by atoms with E-state index in [1.54, 1.807) is 18.2 Å². The monoisotopic (exact) mass is 316 g/mol. The predicted octanol–water partition coefficient (Wildman–Crippen LogP) is 0.861. The molecule has 0 saturated carbocycles. The third-order valence-electron chi connectivity index (χ3n) is 2.27. The summed E-state index contributed by atoms with van der Waals surface area (Å²) in [6.45, 7) is -0.105. The number of methoxy groups -OCH3 is 1. The lowest BCUT2D eigenvalue weighted by atomic mass is 10.2. The molecular formula is C11H13BrN2O4. The normalized spacial score (nSPS) is 11.9. The van der Waals surface area contributed by atoms with E-state index in [1.165, 1.54) is 7.11 Å². The molecule has 0 aliphatic carbocycles. The Kier molecular flexibility index (Phi) is 5.11. The lowest BCUT2D eigenvalue weighted by Gasteiger charge is -2.11.